The molecule has 1 unspecified atom stereocenters. The Hall–Kier alpha value is -1.57. The smallest absolute Gasteiger partial charge is 0.305 e. The van der Waals surface area contributed by atoms with E-state index in [2.05, 4.69) is 21.2 Å². The number of carbonyl (C=O) groups is 1. The van der Waals surface area contributed by atoms with Crippen molar-refractivity contribution in [1.29, 1.82) is 0 Å². The summed E-state index contributed by atoms with van der Waals surface area (Å²) in [6.45, 7) is 1.66. The van der Waals surface area contributed by atoms with Gasteiger partial charge in [-0.3, -0.25) is 14.9 Å². The number of nitrogens with one attached hydrogen (secondary N) is 1. The molecule has 1 aromatic carbocycles. The third-order valence-electron chi connectivity index (χ3n) is 2.41. The molecule has 8 heteroatoms. The highest BCUT2D eigenvalue weighted by Gasteiger charge is 2.26. The maximum atomic E-state index is 13.7. The standard InChI is InChI=1S/C11H11BrF2N2O3/c1-6(4-5-12)15-11(17)9-7(13)2-3-8(10(9)14)16(18)19/h2-3,6H,4-5H2,1H3,(H,15,17). The first-order valence-corrected chi connectivity index (χ1v) is 6.49. The van der Waals surface area contributed by atoms with E-state index in [4.69, 9.17) is 0 Å². The second-order valence-electron chi connectivity index (χ2n) is 3.86. The predicted octanol–water partition coefficient (Wildman–Crippen LogP) is 2.78. The maximum Gasteiger partial charge on any atom is 0.305 e. The summed E-state index contributed by atoms with van der Waals surface area (Å²) in [6, 6.07) is 1.07. The number of carbonyl (C=O) groups excluding carboxylic acids is 1. The van der Waals surface area contributed by atoms with Gasteiger partial charge in [-0.2, -0.15) is 4.39 Å². The molecular weight excluding hydrogens is 326 g/mol. The van der Waals surface area contributed by atoms with Gasteiger partial charge in [0.15, 0.2) is 0 Å². The highest BCUT2D eigenvalue weighted by molar-refractivity contribution is 9.09. The Balaban J connectivity index is 3.09. The molecular formula is C11H11BrF2N2O3. The van der Waals surface area contributed by atoms with Crippen LogP contribution in [0, 0.1) is 21.7 Å². The molecule has 0 radical (unpaired) electrons. The molecule has 0 fully saturated rings. The summed E-state index contributed by atoms with van der Waals surface area (Å²) in [5.41, 5.74) is -1.87. The van der Waals surface area contributed by atoms with Crippen molar-refractivity contribution in [3.05, 3.63) is 39.4 Å². The lowest BCUT2D eigenvalue weighted by Crippen LogP contribution is -2.34. The summed E-state index contributed by atoms with van der Waals surface area (Å²) in [5, 5.41) is 13.5. The number of halogens is 3. The maximum absolute atomic E-state index is 13.7. The van der Waals surface area contributed by atoms with Gasteiger partial charge in [-0.1, -0.05) is 15.9 Å². The number of nitro benzene ring substituents is 1. The molecule has 1 rings (SSSR count). The molecule has 0 aliphatic rings. The summed E-state index contributed by atoms with van der Waals surface area (Å²) in [7, 11) is 0. The van der Waals surface area contributed by atoms with Gasteiger partial charge in [0.05, 0.1) is 4.92 Å². The minimum atomic E-state index is -1.46. The van der Waals surface area contributed by atoms with Crippen LogP contribution in [0.25, 0.3) is 0 Å². The summed E-state index contributed by atoms with van der Waals surface area (Å²) < 4.78 is 27.2. The van der Waals surface area contributed by atoms with E-state index < -0.39 is 33.7 Å². The van der Waals surface area contributed by atoms with E-state index in [-0.39, 0.29) is 6.04 Å². The first-order valence-electron chi connectivity index (χ1n) is 5.37. The molecule has 0 spiro atoms. The van der Waals surface area contributed by atoms with Gasteiger partial charge in [-0.05, 0) is 19.4 Å². The number of hydrogen-bond acceptors (Lipinski definition) is 3. The number of benzene rings is 1. The summed E-state index contributed by atoms with van der Waals surface area (Å²) in [4.78, 5) is 21.2. The number of hydrogen-bond donors (Lipinski definition) is 1. The highest BCUT2D eigenvalue weighted by Crippen LogP contribution is 2.23. The van der Waals surface area contributed by atoms with Gasteiger partial charge in [0.25, 0.3) is 5.91 Å². The van der Waals surface area contributed by atoms with E-state index >= 15 is 0 Å². The van der Waals surface area contributed by atoms with Crippen molar-refractivity contribution in [1.82, 2.24) is 5.32 Å². The van der Waals surface area contributed by atoms with Crippen LogP contribution >= 0.6 is 15.9 Å². The molecule has 0 aliphatic carbocycles. The Bertz CT molecular complexity index is 511. The largest absolute Gasteiger partial charge is 0.349 e. The Kier molecular flexibility index (Phi) is 5.34. The molecule has 1 aromatic rings. The zero-order valence-corrected chi connectivity index (χ0v) is 11.5. The van der Waals surface area contributed by atoms with E-state index in [1.807, 2.05) is 0 Å². The fourth-order valence-electron chi connectivity index (χ4n) is 1.42. The van der Waals surface area contributed by atoms with E-state index in [0.29, 0.717) is 23.9 Å². The fraction of sp³-hybridized carbons (Fsp3) is 0.364. The molecule has 19 heavy (non-hydrogen) atoms. The lowest BCUT2D eigenvalue weighted by Gasteiger charge is -2.13. The van der Waals surface area contributed by atoms with Crippen molar-refractivity contribution in [3.8, 4) is 0 Å². The van der Waals surface area contributed by atoms with Gasteiger partial charge in [0.1, 0.15) is 11.4 Å². The van der Waals surface area contributed by atoms with Crippen LogP contribution in [-0.4, -0.2) is 22.2 Å². The summed E-state index contributed by atoms with van der Waals surface area (Å²) >= 11 is 3.17. The van der Waals surface area contributed by atoms with Crippen LogP contribution in [0.15, 0.2) is 12.1 Å². The van der Waals surface area contributed by atoms with Crippen molar-refractivity contribution < 1.29 is 18.5 Å². The first-order chi connectivity index (χ1) is 8.88. The van der Waals surface area contributed by atoms with Crippen molar-refractivity contribution in [2.75, 3.05) is 5.33 Å². The predicted molar refractivity (Wildman–Crippen MR) is 68.4 cm³/mol. The Morgan fingerprint density at radius 1 is 1.53 bits per heavy atom. The van der Waals surface area contributed by atoms with Crippen molar-refractivity contribution >= 4 is 27.5 Å². The number of amides is 1. The van der Waals surface area contributed by atoms with Gasteiger partial charge < -0.3 is 5.32 Å². The average Bonchev–Trinajstić information content (AvgIpc) is 2.28. The normalized spacial score (nSPS) is 12.0. The quantitative estimate of drug-likeness (QED) is 0.510. The van der Waals surface area contributed by atoms with Gasteiger partial charge >= 0.3 is 5.69 Å². The van der Waals surface area contributed by atoms with Crippen molar-refractivity contribution in [2.45, 2.75) is 19.4 Å². The zero-order chi connectivity index (χ0) is 14.6. The number of nitrogens with zero attached hydrogens (tertiary/aromatic N) is 1. The zero-order valence-electron chi connectivity index (χ0n) is 9.95. The van der Waals surface area contributed by atoms with Gasteiger partial charge in [0, 0.05) is 17.4 Å². The van der Waals surface area contributed by atoms with Crippen LogP contribution < -0.4 is 5.32 Å². The Morgan fingerprint density at radius 2 is 2.16 bits per heavy atom. The average molecular weight is 337 g/mol. The molecule has 0 aromatic heterocycles. The molecule has 1 atom stereocenters. The highest BCUT2D eigenvalue weighted by atomic mass is 79.9. The lowest BCUT2D eigenvalue weighted by atomic mass is 10.1. The SMILES string of the molecule is CC(CCBr)NC(=O)c1c(F)ccc([N+](=O)[O-])c1F. The van der Waals surface area contributed by atoms with Crippen LogP contribution in [0.4, 0.5) is 14.5 Å². The number of nitro groups is 1. The van der Waals surface area contributed by atoms with Crippen LogP contribution in [-0.2, 0) is 0 Å². The Morgan fingerprint density at radius 3 is 2.68 bits per heavy atom. The fourth-order valence-corrected chi connectivity index (χ4v) is 2.11. The second-order valence-corrected chi connectivity index (χ2v) is 4.66. The minimum Gasteiger partial charge on any atom is -0.349 e. The van der Waals surface area contributed by atoms with Crippen LogP contribution in [0.2, 0.25) is 0 Å². The van der Waals surface area contributed by atoms with Gasteiger partial charge in [0.2, 0.25) is 5.82 Å². The first kappa shape index (κ1) is 15.5. The molecule has 0 aliphatic heterocycles. The van der Waals surface area contributed by atoms with Crippen LogP contribution in [0.3, 0.4) is 0 Å². The minimum absolute atomic E-state index is 0.315. The van der Waals surface area contributed by atoms with Gasteiger partial charge in [-0.25, -0.2) is 4.39 Å². The third-order valence-corrected chi connectivity index (χ3v) is 2.87. The van der Waals surface area contributed by atoms with E-state index in [0.717, 1.165) is 0 Å². The van der Waals surface area contributed by atoms with Crippen LogP contribution in [0.5, 0.6) is 0 Å². The van der Waals surface area contributed by atoms with Crippen molar-refractivity contribution in [2.24, 2.45) is 0 Å². The van der Waals surface area contributed by atoms with Gasteiger partial charge in [-0.15, -0.1) is 0 Å². The monoisotopic (exact) mass is 336 g/mol. The molecule has 0 bridgehead atoms. The molecule has 0 saturated carbocycles. The Labute approximate surface area is 116 Å². The lowest BCUT2D eigenvalue weighted by molar-refractivity contribution is -0.387. The van der Waals surface area contributed by atoms with Crippen molar-refractivity contribution in [3.63, 3.8) is 0 Å². The number of rotatable bonds is 5. The molecule has 1 N–H and O–H groups in total. The molecule has 5 nitrogen and oxygen atoms in total. The molecule has 1 amide bonds. The number of alkyl halides is 1. The third kappa shape index (κ3) is 3.69. The molecule has 0 saturated heterocycles. The van der Waals surface area contributed by atoms with E-state index in [1.54, 1.807) is 6.92 Å². The molecule has 0 heterocycles. The summed E-state index contributed by atoms with van der Waals surface area (Å²) in [5.74, 6) is -3.60. The second kappa shape index (κ2) is 6.55. The van der Waals surface area contributed by atoms with E-state index in [9.17, 15) is 23.7 Å². The molecule has 104 valence electrons. The topological polar surface area (TPSA) is 72.2 Å². The van der Waals surface area contributed by atoms with E-state index in [1.165, 1.54) is 0 Å². The van der Waals surface area contributed by atoms with Crippen LogP contribution in [0.1, 0.15) is 23.7 Å². The summed E-state index contributed by atoms with van der Waals surface area (Å²) in [6.07, 6.45) is 0.559.